The van der Waals surface area contributed by atoms with E-state index in [2.05, 4.69) is 44.3 Å². The van der Waals surface area contributed by atoms with Crippen molar-refractivity contribution in [1.29, 1.82) is 0 Å². The lowest BCUT2D eigenvalue weighted by Gasteiger charge is -2.24. The van der Waals surface area contributed by atoms with E-state index >= 15 is 0 Å². The third-order valence-corrected chi connectivity index (χ3v) is 4.84. The molecule has 1 heterocycles. The topological polar surface area (TPSA) is 41.6 Å². The molecule has 0 aromatic heterocycles. The van der Waals surface area contributed by atoms with Crippen LogP contribution in [0.3, 0.4) is 0 Å². The smallest absolute Gasteiger partial charge is 0.231 e. The number of aryl methyl sites for hydroxylation is 1. The molecule has 0 aliphatic carbocycles. The lowest BCUT2D eigenvalue weighted by molar-refractivity contribution is -0.121. The highest BCUT2D eigenvalue weighted by Crippen LogP contribution is 2.31. The van der Waals surface area contributed by atoms with Gasteiger partial charge in [-0.1, -0.05) is 45.0 Å². The Balaban J connectivity index is 1.77. The Morgan fingerprint density at radius 1 is 1.23 bits per heavy atom. The van der Waals surface area contributed by atoms with Gasteiger partial charge in [0.15, 0.2) is 0 Å². The van der Waals surface area contributed by atoms with Crippen molar-refractivity contribution in [1.82, 2.24) is 0 Å². The fraction of sp³-hybridized carbons (Fsp3) is 0.409. The molecule has 2 aromatic rings. The molecule has 1 N–H and O–H groups in total. The molecule has 1 amide bonds. The SMILES string of the molecule is Cc1ccc(C(C)C)c(OCCN2C(=O)C(C)CNc3ccccc32)c1. The molecule has 1 atom stereocenters. The summed E-state index contributed by atoms with van der Waals surface area (Å²) >= 11 is 0. The second-order valence-corrected chi connectivity index (χ2v) is 7.33. The van der Waals surface area contributed by atoms with Crippen molar-refractivity contribution in [2.45, 2.75) is 33.6 Å². The highest BCUT2D eigenvalue weighted by molar-refractivity contribution is 5.99. The number of hydrogen-bond donors (Lipinski definition) is 1. The molecule has 0 saturated heterocycles. The van der Waals surface area contributed by atoms with E-state index in [1.807, 2.05) is 36.1 Å². The standard InChI is InChI=1S/C22H28N2O2/c1-15(2)18-10-9-16(3)13-21(18)26-12-11-24-20-8-6-5-7-19(20)23-14-17(4)22(24)25/h5-10,13,15,17,23H,11-12,14H2,1-4H3. The van der Waals surface area contributed by atoms with Gasteiger partial charge in [-0.25, -0.2) is 0 Å². The van der Waals surface area contributed by atoms with E-state index in [1.54, 1.807) is 0 Å². The molecule has 138 valence electrons. The summed E-state index contributed by atoms with van der Waals surface area (Å²) in [6.45, 7) is 10.0. The van der Waals surface area contributed by atoms with Crippen LogP contribution in [0.5, 0.6) is 5.75 Å². The summed E-state index contributed by atoms with van der Waals surface area (Å²) in [5.74, 6) is 1.39. The van der Waals surface area contributed by atoms with Crippen molar-refractivity contribution in [3.63, 3.8) is 0 Å². The van der Waals surface area contributed by atoms with Gasteiger partial charge in [0, 0.05) is 6.54 Å². The molecule has 4 nitrogen and oxygen atoms in total. The van der Waals surface area contributed by atoms with Crippen molar-refractivity contribution < 1.29 is 9.53 Å². The number of anilines is 2. The number of rotatable bonds is 5. The third-order valence-electron chi connectivity index (χ3n) is 4.84. The number of nitrogens with one attached hydrogen (secondary N) is 1. The number of amides is 1. The van der Waals surface area contributed by atoms with Crippen LogP contribution in [-0.2, 0) is 4.79 Å². The van der Waals surface area contributed by atoms with Gasteiger partial charge < -0.3 is 15.0 Å². The maximum absolute atomic E-state index is 12.8. The van der Waals surface area contributed by atoms with Crippen molar-refractivity contribution in [3.8, 4) is 5.75 Å². The largest absolute Gasteiger partial charge is 0.491 e. The van der Waals surface area contributed by atoms with Gasteiger partial charge in [0.2, 0.25) is 5.91 Å². The molecule has 1 aliphatic rings. The van der Waals surface area contributed by atoms with Crippen LogP contribution >= 0.6 is 0 Å². The number of benzene rings is 2. The summed E-state index contributed by atoms with van der Waals surface area (Å²) in [5, 5.41) is 3.37. The number of hydrogen-bond acceptors (Lipinski definition) is 3. The number of carbonyl (C=O) groups excluding carboxylic acids is 1. The average Bonchev–Trinajstić information content (AvgIpc) is 2.73. The van der Waals surface area contributed by atoms with Crippen LogP contribution < -0.4 is 15.0 Å². The van der Waals surface area contributed by atoms with Crippen molar-refractivity contribution in [2.75, 3.05) is 29.9 Å². The monoisotopic (exact) mass is 352 g/mol. The summed E-state index contributed by atoms with van der Waals surface area (Å²) in [6.07, 6.45) is 0. The van der Waals surface area contributed by atoms with Crippen LogP contribution in [0, 0.1) is 12.8 Å². The molecular weight excluding hydrogens is 324 g/mol. The van der Waals surface area contributed by atoms with Crippen LogP contribution in [0.25, 0.3) is 0 Å². The van der Waals surface area contributed by atoms with Crippen LogP contribution in [0.15, 0.2) is 42.5 Å². The van der Waals surface area contributed by atoms with Crippen LogP contribution in [0.2, 0.25) is 0 Å². The number of carbonyl (C=O) groups is 1. The van der Waals surface area contributed by atoms with E-state index in [0.717, 1.165) is 17.1 Å². The van der Waals surface area contributed by atoms with E-state index in [1.165, 1.54) is 11.1 Å². The minimum Gasteiger partial charge on any atom is -0.491 e. The first kappa shape index (κ1) is 18.3. The summed E-state index contributed by atoms with van der Waals surface area (Å²) < 4.78 is 6.11. The van der Waals surface area contributed by atoms with E-state index < -0.39 is 0 Å². The Kier molecular flexibility index (Phi) is 5.50. The molecule has 2 aromatic carbocycles. The van der Waals surface area contributed by atoms with E-state index in [-0.39, 0.29) is 11.8 Å². The van der Waals surface area contributed by atoms with Gasteiger partial charge in [-0.15, -0.1) is 0 Å². The molecule has 4 heteroatoms. The lowest BCUT2D eigenvalue weighted by atomic mass is 10.0. The zero-order valence-electron chi connectivity index (χ0n) is 16.1. The average molecular weight is 352 g/mol. The summed E-state index contributed by atoms with van der Waals surface area (Å²) in [4.78, 5) is 14.7. The Bertz CT molecular complexity index is 785. The van der Waals surface area contributed by atoms with Crippen LogP contribution in [-0.4, -0.2) is 25.6 Å². The summed E-state index contributed by atoms with van der Waals surface area (Å²) in [7, 11) is 0. The molecule has 3 rings (SSSR count). The third kappa shape index (κ3) is 3.85. The molecule has 1 aliphatic heterocycles. The van der Waals surface area contributed by atoms with Crippen molar-refractivity contribution in [2.24, 2.45) is 5.92 Å². The second-order valence-electron chi connectivity index (χ2n) is 7.33. The molecular formula is C22H28N2O2. The number of ether oxygens (including phenoxy) is 1. The summed E-state index contributed by atoms with van der Waals surface area (Å²) in [6, 6.07) is 14.3. The number of nitrogens with zero attached hydrogens (tertiary/aromatic N) is 1. The molecule has 0 radical (unpaired) electrons. The first-order valence-corrected chi connectivity index (χ1v) is 9.35. The van der Waals surface area contributed by atoms with Gasteiger partial charge in [-0.3, -0.25) is 4.79 Å². The first-order chi connectivity index (χ1) is 12.5. The first-order valence-electron chi connectivity index (χ1n) is 9.35. The minimum atomic E-state index is -0.0624. The quantitative estimate of drug-likeness (QED) is 0.855. The van der Waals surface area contributed by atoms with Gasteiger partial charge >= 0.3 is 0 Å². The predicted molar refractivity (Wildman–Crippen MR) is 107 cm³/mol. The number of fused-ring (bicyclic) bond motifs is 1. The van der Waals surface area contributed by atoms with Gasteiger partial charge in [0.25, 0.3) is 0 Å². The number of para-hydroxylation sites is 2. The zero-order valence-corrected chi connectivity index (χ0v) is 16.1. The summed E-state index contributed by atoms with van der Waals surface area (Å²) in [5.41, 5.74) is 4.31. The van der Waals surface area contributed by atoms with Crippen LogP contribution in [0.1, 0.15) is 37.8 Å². The van der Waals surface area contributed by atoms with Gasteiger partial charge in [0.1, 0.15) is 12.4 Å². The lowest BCUT2D eigenvalue weighted by Crippen LogP contribution is -2.38. The van der Waals surface area contributed by atoms with Gasteiger partial charge in [-0.2, -0.15) is 0 Å². The Morgan fingerprint density at radius 2 is 2.00 bits per heavy atom. The molecule has 26 heavy (non-hydrogen) atoms. The Labute approximate surface area is 156 Å². The molecule has 0 fully saturated rings. The van der Waals surface area contributed by atoms with Crippen molar-refractivity contribution in [3.05, 3.63) is 53.6 Å². The van der Waals surface area contributed by atoms with Crippen LogP contribution in [0.4, 0.5) is 11.4 Å². The molecule has 0 saturated carbocycles. The van der Waals surface area contributed by atoms with E-state index in [0.29, 0.717) is 25.6 Å². The fourth-order valence-electron chi connectivity index (χ4n) is 3.31. The maximum Gasteiger partial charge on any atom is 0.231 e. The van der Waals surface area contributed by atoms with Crippen molar-refractivity contribution >= 4 is 17.3 Å². The predicted octanol–water partition coefficient (Wildman–Crippen LogP) is 4.59. The zero-order chi connectivity index (χ0) is 18.7. The molecule has 1 unspecified atom stereocenters. The molecule has 0 bridgehead atoms. The Hall–Kier alpha value is -2.49. The second kappa shape index (κ2) is 7.81. The van der Waals surface area contributed by atoms with E-state index in [9.17, 15) is 4.79 Å². The highest BCUT2D eigenvalue weighted by Gasteiger charge is 2.27. The fourth-order valence-corrected chi connectivity index (χ4v) is 3.31. The van der Waals surface area contributed by atoms with E-state index in [4.69, 9.17) is 4.74 Å². The van der Waals surface area contributed by atoms with Gasteiger partial charge in [-0.05, 0) is 42.2 Å². The maximum atomic E-state index is 12.8. The highest BCUT2D eigenvalue weighted by atomic mass is 16.5. The van der Waals surface area contributed by atoms with Gasteiger partial charge in [0.05, 0.1) is 23.8 Å². The molecule has 0 spiro atoms. The Morgan fingerprint density at radius 3 is 2.77 bits per heavy atom. The normalized spacial score (nSPS) is 16.9. The minimum absolute atomic E-state index is 0.0624.